The maximum absolute atomic E-state index is 12.0. The van der Waals surface area contributed by atoms with Crippen LogP contribution in [0.2, 0.25) is 0 Å². The van der Waals surface area contributed by atoms with Crippen molar-refractivity contribution < 1.29 is 13.2 Å². The number of nitrogens with one attached hydrogen (secondary N) is 2. The lowest BCUT2D eigenvalue weighted by Crippen LogP contribution is -2.36. The molecule has 3 rings (SSSR count). The van der Waals surface area contributed by atoms with Crippen LogP contribution in [0.5, 0.6) is 0 Å². The molecule has 1 atom stereocenters. The first-order chi connectivity index (χ1) is 9.52. The topological polar surface area (TPSA) is 88.2 Å². The van der Waals surface area contributed by atoms with Crippen molar-refractivity contribution >= 4 is 21.4 Å². The molecule has 0 aromatic carbocycles. The standard InChI is InChI=1S/C13H17N3O3S/c17-13(16-11-5-6-20(18,19)8-11)12-4-3-10(7-14-12)15-9-1-2-9/h3-4,7,9,11,15H,1-2,5-6,8H2,(H,16,17). The Morgan fingerprint density at radius 3 is 2.55 bits per heavy atom. The molecule has 0 spiro atoms. The molecule has 2 fully saturated rings. The zero-order valence-corrected chi connectivity index (χ0v) is 11.8. The van der Waals surface area contributed by atoms with Crippen LogP contribution >= 0.6 is 0 Å². The molecule has 108 valence electrons. The van der Waals surface area contributed by atoms with Crippen LogP contribution in [-0.2, 0) is 9.84 Å². The van der Waals surface area contributed by atoms with Crippen LogP contribution in [0.15, 0.2) is 18.3 Å². The average molecular weight is 295 g/mol. The van der Waals surface area contributed by atoms with Gasteiger partial charge in [0.2, 0.25) is 0 Å². The summed E-state index contributed by atoms with van der Waals surface area (Å²) in [4.78, 5) is 16.1. The molecule has 2 aliphatic rings. The number of hydrogen-bond donors (Lipinski definition) is 2. The molecule has 0 radical (unpaired) electrons. The quantitative estimate of drug-likeness (QED) is 0.848. The first-order valence-electron chi connectivity index (χ1n) is 6.76. The van der Waals surface area contributed by atoms with Crippen molar-refractivity contribution in [3.05, 3.63) is 24.0 Å². The fraction of sp³-hybridized carbons (Fsp3) is 0.538. The summed E-state index contributed by atoms with van der Waals surface area (Å²) in [5.74, 6) is -0.138. The highest BCUT2D eigenvalue weighted by molar-refractivity contribution is 7.91. The largest absolute Gasteiger partial charge is 0.381 e. The van der Waals surface area contributed by atoms with Gasteiger partial charge in [0.05, 0.1) is 23.4 Å². The van der Waals surface area contributed by atoms with E-state index in [1.807, 2.05) is 6.07 Å². The molecule has 0 bridgehead atoms. The van der Waals surface area contributed by atoms with Gasteiger partial charge in [-0.3, -0.25) is 4.79 Å². The Morgan fingerprint density at radius 2 is 2.00 bits per heavy atom. The lowest BCUT2D eigenvalue weighted by molar-refractivity contribution is 0.0936. The third-order valence-electron chi connectivity index (χ3n) is 3.51. The Balaban J connectivity index is 1.59. The Kier molecular flexibility index (Phi) is 3.37. The first kappa shape index (κ1) is 13.4. The highest BCUT2D eigenvalue weighted by Crippen LogP contribution is 2.24. The van der Waals surface area contributed by atoms with Crippen LogP contribution in [0.1, 0.15) is 29.8 Å². The fourth-order valence-electron chi connectivity index (χ4n) is 2.25. The van der Waals surface area contributed by atoms with Gasteiger partial charge < -0.3 is 10.6 Å². The van der Waals surface area contributed by atoms with E-state index in [1.165, 1.54) is 12.8 Å². The number of nitrogens with zero attached hydrogens (tertiary/aromatic N) is 1. The Morgan fingerprint density at radius 1 is 1.20 bits per heavy atom. The fourth-order valence-corrected chi connectivity index (χ4v) is 3.92. The average Bonchev–Trinajstić information content (AvgIpc) is 3.14. The normalized spacial score (nSPS) is 24.3. The minimum absolute atomic E-state index is 0.0278. The van der Waals surface area contributed by atoms with Gasteiger partial charge in [-0.15, -0.1) is 0 Å². The molecule has 1 saturated heterocycles. The van der Waals surface area contributed by atoms with Crippen LogP contribution in [0.4, 0.5) is 5.69 Å². The Bertz CT molecular complexity index is 608. The van der Waals surface area contributed by atoms with Gasteiger partial charge in [-0.2, -0.15) is 0 Å². The molecule has 1 amide bonds. The van der Waals surface area contributed by atoms with Crippen molar-refractivity contribution in [1.29, 1.82) is 0 Å². The smallest absolute Gasteiger partial charge is 0.270 e. The molecule has 2 heterocycles. The molecule has 1 unspecified atom stereocenters. The van der Waals surface area contributed by atoms with E-state index in [0.717, 1.165) is 5.69 Å². The van der Waals surface area contributed by atoms with E-state index in [9.17, 15) is 13.2 Å². The summed E-state index contributed by atoms with van der Waals surface area (Å²) in [5.41, 5.74) is 1.23. The Hall–Kier alpha value is -1.63. The number of rotatable bonds is 4. The van der Waals surface area contributed by atoms with Crippen molar-refractivity contribution in [2.75, 3.05) is 16.8 Å². The third kappa shape index (κ3) is 3.27. The predicted molar refractivity (Wildman–Crippen MR) is 75.4 cm³/mol. The van der Waals surface area contributed by atoms with E-state index in [1.54, 1.807) is 12.3 Å². The number of amides is 1. The number of carbonyl (C=O) groups excluding carboxylic acids is 1. The van der Waals surface area contributed by atoms with E-state index < -0.39 is 9.84 Å². The molecule has 1 saturated carbocycles. The summed E-state index contributed by atoms with van der Waals surface area (Å²) in [6.07, 6.45) is 4.48. The van der Waals surface area contributed by atoms with Crippen LogP contribution < -0.4 is 10.6 Å². The molecule has 20 heavy (non-hydrogen) atoms. The second-order valence-electron chi connectivity index (χ2n) is 5.42. The minimum atomic E-state index is -2.98. The van der Waals surface area contributed by atoms with E-state index >= 15 is 0 Å². The summed E-state index contributed by atoms with van der Waals surface area (Å²) < 4.78 is 22.7. The third-order valence-corrected chi connectivity index (χ3v) is 5.28. The van der Waals surface area contributed by atoms with E-state index in [0.29, 0.717) is 18.2 Å². The molecule has 6 nitrogen and oxygen atoms in total. The van der Waals surface area contributed by atoms with Crippen molar-refractivity contribution in [2.45, 2.75) is 31.3 Å². The van der Waals surface area contributed by atoms with Gasteiger partial charge in [-0.05, 0) is 31.4 Å². The van der Waals surface area contributed by atoms with Gasteiger partial charge in [0.25, 0.3) is 5.91 Å². The summed E-state index contributed by atoms with van der Waals surface area (Å²) in [5, 5.41) is 6.01. The predicted octanol–water partition coefficient (Wildman–Crippen LogP) is 0.573. The lowest BCUT2D eigenvalue weighted by atomic mass is 10.2. The summed E-state index contributed by atoms with van der Waals surface area (Å²) >= 11 is 0. The molecule has 2 N–H and O–H groups in total. The van der Waals surface area contributed by atoms with Crippen molar-refractivity contribution in [3.8, 4) is 0 Å². The molecular formula is C13H17N3O3S. The number of carbonyl (C=O) groups is 1. The molecule has 7 heteroatoms. The second kappa shape index (κ2) is 5.05. The maximum atomic E-state index is 12.0. The molecule has 1 aromatic rings. The van der Waals surface area contributed by atoms with Crippen LogP contribution in [0, 0.1) is 0 Å². The monoisotopic (exact) mass is 295 g/mol. The lowest BCUT2D eigenvalue weighted by Gasteiger charge is -2.10. The first-order valence-corrected chi connectivity index (χ1v) is 8.58. The molecule has 1 aromatic heterocycles. The van der Waals surface area contributed by atoms with E-state index in [-0.39, 0.29) is 23.5 Å². The van der Waals surface area contributed by atoms with Crippen LogP contribution in [-0.4, -0.2) is 42.9 Å². The van der Waals surface area contributed by atoms with Gasteiger partial charge in [0, 0.05) is 12.1 Å². The number of hydrogen-bond acceptors (Lipinski definition) is 5. The molecular weight excluding hydrogens is 278 g/mol. The zero-order valence-electron chi connectivity index (χ0n) is 11.0. The van der Waals surface area contributed by atoms with Gasteiger partial charge in [-0.25, -0.2) is 13.4 Å². The number of aromatic nitrogens is 1. The van der Waals surface area contributed by atoms with Crippen molar-refractivity contribution in [3.63, 3.8) is 0 Å². The molecule has 1 aliphatic heterocycles. The number of anilines is 1. The van der Waals surface area contributed by atoms with Gasteiger partial charge in [0.1, 0.15) is 5.69 Å². The molecule has 1 aliphatic carbocycles. The number of pyridine rings is 1. The van der Waals surface area contributed by atoms with E-state index in [2.05, 4.69) is 15.6 Å². The second-order valence-corrected chi connectivity index (χ2v) is 7.65. The number of sulfone groups is 1. The van der Waals surface area contributed by atoms with Gasteiger partial charge >= 0.3 is 0 Å². The summed E-state index contributed by atoms with van der Waals surface area (Å²) in [6, 6.07) is 3.73. The minimum Gasteiger partial charge on any atom is -0.381 e. The SMILES string of the molecule is O=C(NC1CCS(=O)(=O)C1)c1ccc(NC2CC2)cn1. The highest BCUT2D eigenvalue weighted by atomic mass is 32.2. The van der Waals surface area contributed by atoms with Gasteiger partial charge in [0.15, 0.2) is 9.84 Å². The van der Waals surface area contributed by atoms with Gasteiger partial charge in [-0.1, -0.05) is 0 Å². The Labute approximate surface area is 117 Å². The highest BCUT2D eigenvalue weighted by Gasteiger charge is 2.29. The van der Waals surface area contributed by atoms with Crippen LogP contribution in [0.25, 0.3) is 0 Å². The maximum Gasteiger partial charge on any atom is 0.270 e. The summed E-state index contributed by atoms with van der Waals surface area (Å²) in [6.45, 7) is 0. The van der Waals surface area contributed by atoms with E-state index in [4.69, 9.17) is 0 Å². The van der Waals surface area contributed by atoms with Crippen molar-refractivity contribution in [2.24, 2.45) is 0 Å². The zero-order chi connectivity index (χ0) is 14.2. The van der Waals surface area contributed by atoms with Crippen LogP contribution in [0.3, 0.4) is 0 Å². The summed E-state index contributed by atoms with van der Waals surface area (Å²) in [7, 11) is -2.98. The van der Waals surface area contributed by atoms with Crippen molar-refractivity contribution in [1.82, 2.24) is 10.3 Å².